The Bertz CT molecular complexity index is 1590. The van der Waals surface area contributed by atoms with Gasteiger partial charge in [-0.1, -0.05) is 258 Å². The van der Waals surface area contributed by atoms with Crippen LogP contribution in [0.4, 0.5) is 0 Å². The van der Waals surface area contributed by atoms with Crippen LogP contribution in [0, 0.1) is 0 Å². The molecule has 0 spiro atoms. The van der Waals surface area contributed by atoms with Crippen LogP contribution < -0.4 is 0 Å². The van der Waals surface area contributed by atoms with E-state index in [0.717, 1.165) is 135 Å². The fourth-order valence-corrected chi connectivity index (χ4v) is 8.43. The van der Waals surface area contributed by atoms with Gasteiger partial charge in [-0.3, -0.25) is 14.4 Å². The first kappa shape index (κ1) is 71.8. The summed E-state index contributed by atoms with van der Waals surface area (Å²) in [5, 5.41) is 0. The lowest BCUT2D eigenvalue weighted by Crippen LogP contribution is -2.30. The molecule has 0 bridgehead atoms. The van der Waals surface area contributed by atoms with Crippen LogP contribution in [0.2, 0.25) is 0 Å². The van der Waals surface area contributed by atoms with Crippen molar-refractivity contribution < 1.29 is 28.6 Å². The van der Waals surface area contributed by atoms with Gasteiger partial charge in [0.15, 0.2) is 6.10 Å². The fourth-order valence-electron chi connectivity index (χ4n) is 8.43. The van der Waals surface area contributed by atoms with Crippen LogP contribution in [0.3, 0.4) is 0 Å². The van der Waals surface area contributed by atoms with E-state index in [1.54, 1.807) is 0 Å². The summed E-state index contributed by atoms with van der Waals surface area (Å²) in [7, 11) is 0. The molecule has 1 unspecified atom stereocenters. The van der Waals surface area contributed by atoms with Gasteiger partial charge in [-0.2, -0.15) is 0 Å². The lowest BCUT2D eigenvalue weighted by molar-refractivity contribution is -0.167. The Morgan fingerprint density at radius 3 is 0.855 bits per heavy atom. The summed E-state index contributed by atoms with van der Waals surface area (Å²) in [6.07, 6.45) is 87.8. The van der Waals surface area contributed by atoms with Crippen molar-refractivity contribution in [3.05, 3.63) is 122 Å². The van der Waals surface area contributed by atoms with E-state index < -0.39 is 6.10 Å². The molecule has 0 N–H and O–H groups in total. The maximum absolute atomic E-state index is 12.8. The molecule has 1 atom stereocenters. The normalized spacial score (nSPS) is 12.9. The molecule has 0 heterocycles. The van der Waals surface area contributed by atoms with E-state index in [4.69, 9.17) is 14.2 Å². The number of rotatable bonds is 56. The third-order valence-electron chi connectivity index (χ3n) is 13.2. The van der Waals surface area contributed by atoms with Crippen molar-refractivity contribution in [2.45, 2.75) is 290 Å². The summed E-state index contributed by atoms with van der Waals surface area (Å²) in [6.45, 7) is 6.46. The van der Waals surface area contributed by atoms with E-state index in [9.17, 15) is 14.4 Å². The molecule has 0 aromatic rings. The average Bonchev–Trinajstić information content (AvgIpc) is 3.42. The summed E-state index contributed by atoms with van der Waals surface area (Å²) in [6, 6.07) is 0. The Kier molecular flexibility index (Phi) is 59.9. The lowest BCUT2D eigenvalue weighted by atomic mass is 10.1. The van der Waals surface area contributed by atoms with Crippen molar-refractivity contribution in [1.82, 2.24) is 0 Å². The van der Waals surface area contributed by atoms with Crippen molar-refractivity contribution in [3.63, 3.8) is 0 Å². The highest BCUT2D eigenvalue weighted by Gasteiger charge is 2.19. The van der Waals surface area contributed by atoms with Crippen molar-refractivity contribution in [3.8, 4) is 0 Å². The van der Waals surface area contributed by atoms with Crippen molar-refractivity contribution in [2.75, 3.05) is 13.2 Å². The second-order valence-corrected chi connectivity index (χ2v) is 20.6. The van der Waals surface area contributed by atoms with E-state index in [-0.39, 0.29) is 31.1 Å². The molecule has 6 heteroatoms. The number of unbranched alkanes of at least 4 members (excludes halogenated alkanes) is 25. The van der Waals surface area contributed by atoms with Crippen LogP contribution in [0.15, 0.2) is 122 Å². The molecule has 0 fully saturated rings. The molecule has 0 aliphatic heterocycles. The third-order valence-corrected chi connectivity index (χ3v) is 13.2. The summed E-state index contributed by atoms with van der Waals surface area (Å²) in [4.78, 5) is 38.1. The van der Waals surface area contributed by atoms with Crippen LogP contribution in [-0.2, 0) is 28.6 Å². The lowest BCUT2D eigenvalue weighted by Gasteiger charge is -2.18. The van der Waals surface area contributed by atoms with Gasteiger partial charge in [-0.05, 0) is 128 Å². The quantitative estimate of drug-likeness (QED) is 0.0261. The molecule has 432 valence electrons. The first-order chi connectivity index (χ1) is 37.5. The number of carbonyl (C=O) groups is 3. The zero-order chi connectivity index (χ0) is 55.0. The standard InChI is InChI=1S/C70H116O6/c1-4-7-10-13-16-19-22-24-26-27-28-29-30-31-32-33-34-35-36-37-38-39-40-41-42-43-44-46-48-51-54-57-60-63-69(72)75-66-67(65-74-68(71)62-59-56-53-50-47-21-18-15-12-9-6-3)76-70(73)64-61-58-55-52-49-45-25-23-20-17-14-11-8-5-2/h7,10,15-16,18-19,23-26,28-29,31-32,34-35,37-38,40-41,67H,4-6,8-9,11-14,17,20-22,27,30,33,36,39,42-66H2,1-3H3/b10-7-,18-15-,19-16-,25-23-,26-24-,29-28-,32-31-,35-34-,38-37-,41-40-. The third kappa shape index (κ3) is 60.7. The SMILES string of the molecule is CC/C=C\C/C=C\C/C=C\C/C=C\C/C=C\C/C=C\C/C=C\C/C=C\CCCCCCCCCCC(=O)OCC(COC(=O)CCCCCCC/C=C\CCCC)OC(=O)CCCCCCC/C=C\CCCCCCC. The van der Waals surface area contributed by atoms with Gasteiger partial charge in [0.2, 0.25) is 0 Å². The van der Waals surface area contributed by atoms with Crippen molar-refractivity contribution >= 4 is 17.9 Å². The first-order valence-electron chi connectivity index (χ1n) is 31.5. The summed E-state index contributed by atoms with van der Waals surface area (Å²) >= 11 is 0. The van der Waals surface area contributed by atoms with Gasteiger partial charge in [-0.15, -0.1) is 0 Å². The van der Waals surface area contributed by atoms with Gasteiger partial charge >= 0.3 is 17.9 Å². The number of esters is 3. The minimum Gasteiger partial charge on any atom is -0.462 e. The second-order valence-electron chi connectivity index (χ2n) is 20.6. The highest BCUT2D eigenvalue weighted by molar-refractivity contribution is 5.71. The predicted molar refractivity (Wildman–Crippen MR) is 330 cm³/mol. The minimum absolute atomic E-state index is 0.0889. The van der Waals surface area contributed by atoms with Gasteiger partial charge in [0.05, 0.1) is 0 Å². The van der Waals surface area contributed by atoms with E-state index in [1.807, 2.05) is 0 Å². The monoisotopic (exact) mass is 1050 g/mol. The molecule has 0 aliphatic rings. The number of hydrogen-bond donors (Lipinski definition) is 0. The largest absolute Gasteiger partial charge is 0.462 e. The Morgan fingerprint density at radius 1 is 0.276 bits per heavy atom. The van der Waals surface area contributed by atoms with E-state index in [0.29, 0.717) is 19.3 Å². The Hall–Kier alpha value is -4.19. The zero-order valence-electron chi connectivity index (χ0n) is 49.5. The van der Waals surface area contributed by atoms with Crippen molar-refractivity contribution in [1.29, 1.82) is 0 Å². The Morgan fingerprint density at radius 2 is 0.526 bits per heavy atom. The molecule has 0 radical (unpaired) electrons. The van der Waals surface area contributed by atoms with E-state index >= 15 is 0 Å². The highest BCUT2D eigenvalue weighted by Crippen LogP contribution is 2.15. The number of allylic oxidation sites excluding steroid dienone is 20. The van der Waals surface area contributed by atoms with Gasteiger partial charge < -0.3 is 14.2 Å². The second kappa shape index (κ2) is 63.3. The predicted octanol–water partition coefficient (Wildman–Crippen LogP) is 21.6. The molecule has 0 aromatic heterocycles. The highest BCUT2D eigenvalue weighted by atomic mass is 16.6. The van der Waals surface area contributed by atoms with Crippen LogP contribution in [0.25, 0.3) is 0 Å². The van der Waals surface area contributed by atoms with Crippen LogP contribution in [0.1, 0.15) is 284 Å². The maximum Gasteiger partial charge on any atom is 0.306 e. The molecule has 6 nitrogen and oxygen atoms in total. The minimum atomic E-state index is -0.791. The van der Waals surface area contributed by atoms with E-state index in [1.165, 1.54) is 109 Å². The number of carbonyl (C=O) groups excluding carboxylic acids is 3. The summed E-state index contributed by atoms with van der Waals surface area (Å²) in [5.41, 5.74) is 0. The smallest absolute Gasteiger partial charge is 0.306 e. The van der Waals surface area contributed by atoms with Crippen LogP contribution in [-0.4, -0.2) is 37.2 Å². The molecule has 0 aromatic carbocycles. The molecule has 0 saturated carbocycles. The Labute approximate surface area is 469 Å². The first-order valence-corrected chi connectivity index (χ1v) is 31.5. The zero-order valence-corrected chi connectivity index (χ0v) is 49.5. The number of ether oxygens (including phenoxy) is 3. The van der Waals surface area contributed by atoms with E-state index in [2.05, 4.69) is 142 Å². The molecule has 0 rings (SSSR count). The Balaban J connectivity index is 4.23. The molecule has 0 aliphatic carbocycles. The van der Waals surface area contributed by atoms with Crippen LogP contribution in [0.5, 0.6) is 0 Å². The van der Waals surface area contributed by atoms with Gasteiger partial charge in [0.1, 0.15) is 13.2 Å². The summed E-state index contributed by atoms with van der Waals surface area (Å²) in [5.74, 6) is -0.913. The van der Waals surface area contributed by atoms with Gasteiger partial charge in [-0.25, -0.2) is 0 Å². The van der Waals surface area contributed by atoms with Crippen molar-refractivity contribution in [2.24, 2.45) is 0 Å². The molecule has 0 amide bonds. The maximum atomic E-state index is 12.8. The topological polar surface area (TPSA) is 78.9 Å². The fraction of sp³-hybridized carbons (Fsp3) is 0.671. The molecular formula is C70H116O6. The van der Waals surface area contributed by atoms with Crippen LogP contribution >= 0.6 is 0 Å². The molecule has 0 saturated heterocycles. The van der Waals surface area contributed by atoms with Gasteiger partial charge in [0.25, 0.3) is 0 Å². The molecular weight excluding hydrogens is 937 g/mol. The summed E-state index contributed by atoms with van der Waals surface area (Å²) < 4.78 is 16.8. The average molecular weight is 1050 g/mol. The molecule has 76 heavy (non-hydrogen) atoms. The number of hydrogen-bond acceptors (Lipinski definition) is 6. The van der Waals surface area contributed by atoms with Gasteiger partial charge in [0, 0.05) is 19.3 Å².